The van der Waals surface area contributed by atoms with E-state index in [-0.39, 0.29) is 0 Å². The molecule has 4 aliphatic carbocycles. The number of rotatable bonds is 4. The van der Waals surface area contributed by atoms with E-state index in [1.165, 1.54) is 49.7 Å². The second-order valence-electron chi connectivity index (χ2n) is 9.05. The molecular weight excluding hydrogens is 320 g/mol. The van der Waals surface area contributed by atoms with E-state index in [0.717, 1.165) is 17.8 Å². The molecule has 26 heavy (non-hydrogen) atoms. The van der Waals surface area contributed by atoms with E-state index in [4.69, 9.17) is 0 Å². The van der Waals surface area contributed by atoms with Crippen LogP contribution in [0.5, 0.6) is 0 Å². The van der Waals surface area contributed by atoms with E-state index in [1.807, 2.05) is 0 Å². The van der Waals surface area contributed by atoms with E-state index >= 15 is 0 Å². The highest BCUT2D eigenvalue weighted by molar-refractivity contribution is 5.87. The molecule has 4 fully saturated rings. The molecule has 0 aliphatic heterocycles. The van der Waals surface area contributed by atoms with Crippen LogP contribution in [0.3, 0.4) is 0 Å². The zero-order valence-corrected chi connectivity index (χ0v) is 15.1. The summed E-state index contributed by atoms with van der Waals surface area (Å²) in [6.07, 6.45) is 8.37. The predicted molar refractivity (Wildman–Crippen MR) is 102 cm³/mol. The van der Waals surface area contributed by atoms with Gasteiger partial charge in [-0.15, -0.1) is 0 Å². The zero-order chi connectivity index (χ0) is 17.7. The van der Waals surface area contributed by atoms with E-state index in [2.05, 4.69) is 42.5 Å². The second-order valence-corrected chi connectivity index (χ2v) is 9.05. The van der Waals surface area contributed by atoms with Crippen molar-refractivity contribution in [2.45, 2.75) is 44.4 Å². The number of aromatic carboxylic acids is 1. The monoisotopic (exact) mass is 346 g/mol. The van der Waals surface area contributed by atoms with Gasteiger partial charge in [0.2, 0.25) is 0 Å². The maximum atomic E-state index is 11.3. The summed E-state index contributed by atoms with van der Waals surface area (Å²) in [4.78, 5) is 11.3. The molecule has 2 heteroatoms. The molecule has 134 valence electrons. The minimum atomic E-state index is -0.845. The number of carboxylic acid groups (broad SMARTS) is 1. The fourth-order valence-corrected chi connectivity index (χ4v) is 6.89. The standard InChI is InChI=1S/C24H26O2/c25-23(26)21-8-6-20(7-9-21)22(19-4-2-1-3-5-19)24-13-16-10-17(14-24)12-18(11-16)15-24/h1-9,16-18,22H,10-15H2,(H,25,26). The molecule has 1 N–H and O–H groups in total. The Bertz CT molecular complexity index is 771. The van der Waals surface area contributed by atoms with E-state index < -0.39 is 5.97 Å². The Morgan fingerprint density at radius 2 is 1.31 bits per heavy atom. The Balaban J connectivity index is 1.60. The molecule has 4 aliphatic rings. The summed E-state index contributed by atoms with van der Waals surface area (Å²) in [7, 11) is 0. The van der Waals surface area contributed by atoms with Crippen molar-refractivity contribution in [2.24, 2.45) is 23.2 Å². The van der Waals surface area contributed by atoms with Gasteiger partial charge in [-0.2, -0.15) is 0 Å². The molecule has 2 aromatic carbocycles. The van der Waals surface area contributed by atoms with Gasteiger partial charge >= 0.3 is 5.97 Å². The van der Waals surface area contributed by atoms with Crippen molar-refractivity contribution >= 4 is 5.97 Å². The van der Waals surface area contributed by atoms with Crippen molar-refractivity contribution in [3.05, 3.63) is 71.3 Å². The lowest BCUT2D eigenvalue weighted by Gasteiger charge is -2.59. The zero-order valence-electron chi connectivity index (χ0n) is 15.1. The topological polar surface area (TPSA) is 37.3 Å². The Morgan fingerprint density at radius 3 is 1.81 bits per heavy atom. The molecular formula is C24H26O2. The van der Waals surface area contributed by atoms with Crippen LogP contribution < -0.4 is 0 Å². The highest BCUT2D eigenvalue weighted by Crippen LogP contribution is 2.65. The summed E-state index contributed by atoms with van der Waals surface area (Å²) in [5.74, 6) is 2.27. The Morgan fingerprint density at radius 1 is 0.808 bits per heavy atom. The molecule has 2 aromatic rings. The van der Waals surface area contributed by atoms with Crippen LogP contribution in [0.25, 0.3) is 0 Å². The fourth-order valence-electron chi connectivity index (χ4n) is 6.89. The van der Waals surface area contributed by atoms with Gasteiger partial charge in [0.1, 0.15) is 0 Å². The highest BCUT2D eigenvalue weighted by Gasteiger charge is 2.54. The van der Waals surface area contributed by atoms with Gasteiger partial charge < -0.3 is 5.11 Å². The lowest BCUT2D eigenvalue weighted by atomic mass is 9.45. The van der Waals surface area contributed by atoms with Gasteiger partial charge in [0.25, 0.3) is 0 Å². The first kappa shape index (κ1) is 16.1. The van der Waals surface area contributed by atoms with Crippen LogP contribution in [0, 0.1) is 23.2 Å². The second kappa shape index (κ2) is 5.97. The highest BCUT2D eigenvalue weighted by atomic mass is 16.4. The summed E-state index contributed by atoms with van der Waals surface area (Å²) in [5, 5.41) is 9.26. The summed E-state index contributed by atoms with van der Waals surface area (Å²) >= 11 is 0. The van der Waals surface area contributed by atoms with E-state index in [1.54, 1.807) is 12.1 Å². The summed E-state index contributed by atoms with van der Waals surface area (Å²) < 4.78 is 0. The summed E-state index contributed by atoms with van der Waals surface area (Å²) in [6.45, 7) is 0. The van der Waals surface area contributed by atoms with Crippen LogP contribution in [0.15, 0.2) is 54.6 Å². The van der Waals surface area contributed by atoms with Crippen LogP contribution in [-0.2, 0) is 0 Å². The van der Waals surface area contributed by atoms with Crippen molar-refractivity contribution < 1.29 is 9.90 Å². The van der Waals surface area contributed by atoms with Crippen LogP contribution >= 0.6 is 0 Å². The number of carbonyl (C=O) groups is 1. The molecule has 6 rings (SSSR count). The molecule has 0 heterocycles. The number of hydrogen-bond donors (Lipinski definition) is 1. The molecule has 2 nitrogen and oxygen atoms in total. The minimum absolute atomic E-state index is 0.362. The van der Waals surface area contributed by atoms with Crippen molar-refractivity contribution in [3.63, 3.8) is 0 Å². The van der Waals surface area contributed by atoms with E-state index in [9.17, 15) is 9.90 Å². The molecule has 1 unspecified atom stereocenters. The quantitative estimate of drug-likeness (QED) is 0.767. The fraction of sp³-hybridized carbons (Fsp3) is 0.458. The van der Waals surface area contributed by atoms with Crippen LogP contribution in [-0.4, -0.2) is 11.1 Å². The van der Waals surface area contributed by atoms with Crippen molar-refractivity contribution in [2.75, 3.05) is 0 Å². The van der Waals surface area contributed by atoms with Crippen molar-refractivity contribution in [1.29, 1.82) is 0 Å². The first-order chi connectivity index (χ1) is 12.6. The lowest BCUT2D eigenvalue weighted by molar-refractivity contribution is -0.0618. The van der Waals surface area contributed by atoms with Gasteiger partial charge in [0, 0.05) is 5.92 Å². The number of carboxylic acids is 1. The first-order valence-electron chi connectivity index (χ1n) is 10.0. The predicted octanol–water partition coefficient (Wildman–Crippen LogP) is 5.73. The third-order valence-corrected chi connectivity index (χ3v) is 7.32. The smallest absolute Gasteiger partial charge is 0.335 e. The Labute approximate surface area is 155 Å². The Hall–Kier alpha value is -2.09. The van der Waals surface area contributed by atoms with Crippen LogP contribution in [0.4, 0.5) is 0 Å². The maximum absolute atomic E-state index is 11.3. The van der Waals surface area contributed by atoms with Gasteiger partial charge in [-0.05, 0) is 85.0 Å². The molecule has 4 bridgehead atoms. The molecule has 0 saturated heterocycles. The van der Waals surface area contributed by atoms with Crippen LogP contribution in [0.2, 0.25) is 0 Å². The van der Waals surface area contributed by atoms with Crippen molar-refractivity contribution in [3.8, 4) is 0 Å². The van der Waals surface area contributed by atoms with Gasteiger partial charge in [-0.3, -0.25) is 0 Å². The average molecular weight is 346 g/mol. The summed E-state index contributed by atoms with van der Waals surface area (Å²) in [6, 6.07) is 18.6. The SMILES string of the molecule is O=C(O)c1ccc(C(c2ccccc2)C23CC4CC(CC(C4)C2)C3)cc1. The maximum Gasteiger partial charge on any atom is 0.335 e. The number of hydrogen-bond acceptors (Lipinski definition) is 1. The molecule has 1 atom stereocenters. The van der Waals surface area contributed by atoms with E-state index in [0.29, 0.717) is 16.9 Å². The largest absolute Gasteiger partial charge is 0.478 e. The third kappa shape index (κ3) is 2.58. The Kier molecular flexibility index (Phi) is 3.70. The third-order valence-electron chi connectivity index (χ3n) is 7.32. The van der Waals surface area contributed by atoms with Gasteiger partial charge in [-0.25, -0.2) is 4.79 Å². The first-order valence-corrected chi connectivity index (χ1v) is 10.0. The molecule has 0 amide bonds. The molecule has 0 aromatic heterocycles. The normalized spacial score (nSPS) is 33.2. The molecule has 0 spiro atoms. The molecule has 4 saturated carbocycles. The minimum Gasteiger partial charge on any atom is -0.478 e. The van der Waals surface area contributed by atoms with Gasteiger partial charge in [0.15, 0.2) is 0 Å². The van der Waals surface area contributed by atoms with Gasteiger partial charge in [-0.1, -0.05) is 42.5 Å². The lowest BCUT2D eigenvalue weighted by Crippen LogP contribution is -2.49. The van der Waals surface area contributed by atoms with Gasteiger partial charge in [0.05, 0.1) is 5.56 Å². The summed E-state index contributed by atoms with van der Waals surface area (Å²) in [5.41, 5.74) is 3.44. The number of benzene rings is 2. The molecule has 0 radical (unpaired) electrons. The van der Waals surface area contributed by atoms with Crippen LogP contribution in [0.1, 0.15) is 65.9 Å². The van der Waals surface area contributed by atoms with Crippen molar-refractivity contribution in [1.82, 2.24) is 0 Å². The average Bonchev–Trinajstić information content (AvgIpc) is 2.62.